The van der Waals surface area contributed by atoms with Crippen LogP contribution in [0.1, 0.15) is 80.4 Å². The smallest absolute Gasteiger partial charge is 0.335 e. The first-order chi connectivity index (χ1) is 39.8. The fraction of sp³-hybridized carbons (Fsp3) is 0.104. The lowest BCUT2D eigenvalue weighted by molar-refractivity contribution is 0.0686. The molecular formula is C67H52O15. The molecule has 10 rings (SSSR count). The molecule has 0 radical (unpaired) electrons. The van der Waals surface area contributed by atoms with Gasteiger partial charge in [0.1, 0.15) is 86.5 Å². The molecule has 15 heteroatoms. The normalized spacial score (nSPS) is 10.9. The van der Waals surface area contributed by atoms with Gasteiger partial charge in [0, 0.05) is 35.9 Å². The van der Waals surface area contributed by atoms with E-state index in [-0.39, 0.29) is 68.5 Å². The molecule has 0 atom stereocenters. The minimum absolute atomic E-state index is 0.0309. The molecule has 82 heavy (non-hydrogen) atoms. The number of benzene rings is 10. The molecule has 0 spiro atoms. The van der Waals surface area contributed by atoms with Gasteiger partial charge >= 0.3 is 23.9 Å². The maximum Gasteiger partial charge on any atom is 0.335 e. The summed E-state index contributed by atoms with van der Waals surface area (Å²) in [4.78, 5) is 46.0. The van der Waals surface area contributed by atoms with Gasteiger partial charge in [-0.25, -0.2) is 19.2 Å². The fourth-order valence-corrected chi connectivity index (χ4v) is 8.95. The van der Waals surface area contributed by atoms with Crippen LogP contribution < -0.4 is 33.2 Å². The van der Waals surface area contributed by atoms with Crippen molar-refractivity contribution in [1.82, 2.24) is 0 Å². The van der Waals surface area contributed by atoms with Crippen LogP contribution in [0.25, 0.3) is 21.5 Å². The largest absolute Gasteiger partial charge is 0.489 e. The van der Waals surface area contributed by atoms with Gasteiger partial charge in [-0.3, -0.25) is 0 Å². The predicted molar refractivity (Wildman–Crippen MR) is 305 cm³/mol. The van der Waals surface area contributed by atoms with Gasteiger partial charge in [0.2, 0.25) is 0 Å². The average molecular weight is 1100 g/mol. The summed E-state index contributed by atoms with van der Waals surface area (Å²) in [5.41, 5.74) is 5.92. The summed E-state index contributed by atoms with van der Waals surface area (Å²) < 4.78 is 44.8. The van der Waals surface area contributed by atoms with E-state index < -0.39 is 23.9 Å². The highest BCUT2D eigenvalue weighted by Gasteiger charge is 2.15. The van der Waals surface area contributed by atoms with E-state index in [4.69, 9.17) is 33.2 Å². The first-order valence-corrected chi connectivity index (χ1v) is 25.8. The summed E-state index contributed by atoms with van der Waals surface area (Å²) in [6.45, 7) is 0.770. The van der Waals surface area contributed by atoms with E-state index in [1.807, 2.05) is 48.5 Å². The van der Waals surface area contributed by atoms with Crippen LogP contribution in [0.3, 0.4) is 0 Å². The third kappa shape index (κ3) is 14.3. The molecule has 10 aromatic rings. The number of rotatable bonds is 25. The maximum atomic E-state index is 11.5. The summed E-state index contributed by atoms with van der Waals surface area (Å²) in [7, 11) is 0. The van der Waals surface area contributed by atoms with Gasteiger partial charge < -0.3 is 53.6 Å². The van der Waals surface area contributed by atoms with Crippen LogP contribution >= 0.6 is 0 Å². The molecule has 0 bridgehead atoms. The van der Waals surface area contributed by atoms with Crippen LogP contribution in [0.15, 0.2) is 206 Å². The third-order valence-corrected chi connectivity index (χ3v) is 13.2. The Morgan fingerprint density at radius 3 is 0.756 bits per heavy atom. The summed E-state index contributed by atoms with van der Waals surface area (Å²) in [5.74, 6) is -1.07. The van der Waals surface area contributed by atoms with Crippen molar-refractivity contribution in [3.05, 3.63) is 267 Å². The standard InChI is InChI=1S/C67H52O15/c68-64(69)48-17-9-42(10-18-48)35-76-54-25-46(26-55(30-54)77-36-43-11-19-49(20-12-43)65(70)71)39-80-58-32-59(34-60(33-58)82-41-63-61-7-3-1-5-52(61)29-53-6-2-4-8-62(53)63)81-40-47-27-56(78-37-44-13-21-50(22-14-44)66(72)73)31-57(28-47)79-38-45-15-23-51(24-16-45)67(74)75/h1-34H,35-41H2,(H,68,69)(H,70,71)(H,72,73)(H,74,75). The Hall–Kier alpha value is -10.8. The van der Waals surface area contributed by atoms with Crippen molar-refractivity contribution in [1.29, 1.82) is 0 Å². The third-order valence-electron chi connectivity index (χ3n) is 13.2. The van der Waals surface area contributed by atoms with Crippen molar-refractivity contribution >= 4 is 45.4 Å². The van der Waals surface area contributed by atoms with Gasteiger partial charge in [-0.15, -0.1) is 0 Å². The van der Waals surface area contributed by atoms with Crippen LogP contribution in [0.5, 0.6) is 40.2 Å². The van der Waals surface area contributed by atoms with E-state index in [0.717, 1.165) is 49.4 Å². The summed E-state index contributed by atoms with van der Waals surface area (Å²) in [5, 5.41) is 41.9. The second kappa shape index (κ2) is 25.3. The van der Waals surface area contributed by atoms with Gasteiger partial charge in [-0.05, 0) is 134 Å². The minimum Gasteiger partial charge on any atom is -0.489 e. The Morgan fingerprint density at radius 2 is 0.488 bits per heavy atom. The molecule has 0 saturated carbocycles. The predicted octanol–water partition coefficient (Wildman–Crippen LogP) is 13.8. The second-order valence-corrected chi connectivity index (χ2v) is 19.1. The van der Waals surface area contributed by atoms with Crippen LogP contribution in [0.2, 0.25) is 0 Å². The van der Waals surface area contributed by atoms with Crippen molar-refractivity contribution in [3.63, 3.8) is 0 Å². The molecule has 0 saturated heterocycles. The molecule has 15 nitrogen and oxygen atoms in total. The number of aromatic carboxylic acids is 4. The molecule has 0 aliphatic rings. The van der Waals surface area contributed by atoms with Gasteiger partial charge in [-0.1, -0.05) is 97.1 Å². The molecular weight excluding hydrogens is 1040 g/mol. The molecule has 0 heterocycles. The van der Waals surface area contributed by atoms with Crippen LogP contribution in [0.4, 0.5) is 0 Å². The zero-order valence-corrected chi connectivity index (χ0v) is 43.9. The van der Waals surface area contributed by atoms with E-state index in [1.54, 1.807) is 78.9 Å². The van der Waals surface area contributed by atoms with Gasteiger partial charge in [0.15, 0.2) is 0 Å². The van der Waals surface area contributed by atoms with E-state index >= 15 is 0 Å². The molecule has 0 aromatic heterocycles. The van der Waals surface area contributed by atoms with Crippen molar-refractivity contribution < 1.29 is 72.8 Å². The van der Waals surface area contributed by atoms with Gasteiger partial charge in [-0.2, -0.15) is 0 Å². The van der Waals surface area contributed by atoms with E-state index in [2.05, 4.69) is 30.3 Å². The summed E-state index contributed by atoms with van der Waals surface area (Å²) in [6, 6.07) is 60.1. The number of carbonyl (C=O) groups is 4. The highest BCUT2D eigenvalue weighted by Crippen LogP contribution is 2.35. The Labute approximate surface area is 470 Å². The molecule has 4 N–H and O–H groups in total. The first kappa shape index (κ1) is 54.6. The Kier molecular flexibility index (Phi) is 16.9. The van der Waals surface area contributed by atoms with Crippen molar-refractivity contribution in [2.24, 2.45) is 0 Å². The highest BCUT2D eigenvalue weighted by molar-refractivity contribution is 6.02. The topological polar surface area (TPSA) is 214 Å². The summed E-state index contributed by atoms with van der Waals surface area (Å²) >= 11 is 0. The second-order valence-electron chi connectivity index (χ2n) is 19.1. The Balaban J connectivity index is 0.935. The van der Waals surface area contributed by atoms with Crippen molar-refractivity contribution in [2.75, 3.05) is 0 Å². The number of hydrogen-bond acceptors (Lipinski definition) is 11. The highest BCUT2D eigenvalue weighted by atomic mass is 16.5. The zero-order valence-electron chi connectivity index (χ0n) is 43.9. The number of ether oxygens (including phenoxy) is 7. The quantitative estimate of drug-likeness (QED) is 0.0392. The number of carboxylic acids is 4. The van der Waals surface area contributed by atoms with Crippen LogP contribution in [0, 0.1) is 0 Å². The maximum absolute atomic E-state index is 11.5. The lowest BCUT2D eigenvalue weighted by atomic mass is 9.97. The minimum atomic E-state index is -1.04. The lowest BCUT2D eigenvalue weighted by Gasteiger charge is -2.17. The lowest BCUT2D eigenvalue weighted by Crippen LogP contribution is -2.04. The van der Waals surface area contributed by atoms with Crippen molar-refractivity contribution in [2.45, 2.75) is 46.2 Å². The summed E-state index contributed by atoms with van der Waals surface area (Å²) in [6.07, 6.45) is 0. The molecule has 0 unspecified atom stereocenters. The Morgan fingerprint density at radius 1 is 0.256 bits per heavy atom. The monoisotopic (exact) mass is 1100 g/mol. The first-order valence-electron chi connectivity index (χ1n) is 25.8. The molecule has 0 fully saturated rings. The van der Waals surface area contributed by atoms with E-state index in [1.165, 1.54) is 48.5 Å². The molecule has 0 aliphatic heterocycles. The van der Waals surface area contributed by atoms with E-state index in [0.29, 0.717) is 51.4 Å². The van der Waals surface area contributed by atoms with E-state index in [9.17, 15) is 39.6 Å². The SMILES string of the molecule is O=C(O)c1ccc(COc2cc(COc3cc(OCc4cc(OCc5ccc(C(=O)O)cc5)cc(OCc5ccc(C(=O)O)cc5)c4)cc(OCc4c5ccccc5cc5ccccc45)c3)cc(OCc3ccc(C(=O)O)cc3)c2)cc1. The van der Waals surface area contributed by atoms with Gasteiger partial charge in [0.05, 0.1) is 22.3 Å². The number of carboxylic acid groups (broad SMARTS) is 4. The average Bonchev–Trinajstić information content (AvgIpc) is 3.60. The number of hydrogen-bond donors (Lipinski definition) is 4. The van der Waals surface area contributed by atoms with Gasteiger partial charge in [0.25, 0.3) is 0 Å². The molecule has 0 amide bonds. The molecule has 0 aliphatic carbocycles. The fourth-order valence-electron chi connectivity index (χ4n) is 8.95. The van der Waals surface area contributed by atoms with Crippen molar-refractivity contribution in [3.8, 4) is 40.2 Å². The number of fused-ring (bicyclic) bond motifs is 2. The molecule has 10 aromatic carbocycles. The molecule has 410 valence electrons. The zero-order chi connectivity index (χ0) is 57.0. The van der Waals surface area contributed by atoms with Crippen LogP contribution in [-0.4, -0.2) is 44.3 Å². The van der Waals surface area contributed by atoms with Crippen LogP contribution in [-0.2, 0) is 46.2 Å². The Bertz CT molecular complexity index is 3520.